The number of aliphatic hydroxyl groups is 1. The molecule has 0 aliphatic rings. The summed E-state index contributed by atoms with van der Waals surface area (Å²) in [7, 11) is 1.58. The van der Waals surface area contributed by atoms with Gasteiger partial charge in [0.15, 0.2) is 0 Å². The third-order valence-corrected chi connectivity index (χ3v) is 2.62. The van der Waals surface area contributed by atoms with Gasteiger partial charge in [-0.3, -0.25) is 4.79 Å². The minimum absolute atomic E-state index is 0.0936. The van der Waals surface area contributed by atoms with Crippen LogP contribution in [0.15, 0.2) is 0 Å². The molecule has 0 saturated heterocycles. The summed E-state index contributed by atoms with van der Waals surface area (Å²) in [6.45, 7) is 4.41. The predicted molar refractivity (Wildman–Crippen MR) is 67.6 cm³/mol. The molecule has 0 aliphatic carbocycles. The Hall–Kier alpha value is -0.650. The highest BCUT2D eigenvalue weighted by Gasteiger charge is 2.21. The van der Waals surface area contributed by atoms with Crippen LogP contribution in [0.25, 0.3) is 0 Å². The number of nitrogens with two attached hydrogens (primary N) is 1. The lowest BCUT2D eigenvalue weighted by molar-refractivity contribution is -0.122. The van der Waals surface area contributed by atoms with E-state index >= 15 is 0 Å². The van der Waals surface area contributed by atoms with E-state index in [0.29, 0.717) is 19.4 Å². The Morgan fingerprint density at radius 3 is 2.76 bits per heavy atom. The van der Waals surface area contributed by atoms with Gasteiger partial charge in [0.25, 0.3) is 0 Å². The van der Waals surface area contributed by atoms with Gasteiger partial charge >= 0.3 is 0 Å². The predicted octanol–water partition coefficient (Wildman–Crippen LogP) is 0.408. The van der Waals surface area contributed by atoms with Gasteiger partial charge in [-0.25, -0.2) is 0 Å². The maximum absolute atomic E-state index is 11.5. The standard InChI is InChI=1S/C12H26N2O3/c1-4-5-10(13)8-11(15)14-9-12(2,16)6-7-17-3/h10,16H,4-9,13H2,1-3H3,(H,14,15). The molecule has 0 heterocycles. The summed E-state index contributed by atoms with van der Waals surface area (Å²) in [5.74, 6) is -0.108. The summed E-state index contributed by atoms with van der Waals surface area (Å²) < 4.78 is 4.89. The van der Waals surface area contributed by atoms with Crippen molar-refractivity contribution in [3.63, 3.8) is 0 Å². The molecule has 102 valence electrons. The number of methoxy groups -OCH3 is 1. The lowest BCUT2D eigenvalue weighted by Crippen LogP contribution is -2.42. The first-order valence-electron chi connectivity index (χ1n) is 6.15. The Bertz CT molecular complexity index is 220. The third kappa shape index (κ3) is 9.09. The Kier molecular flexibility index (Phi) is 8.12. The fourth-order valence-corrected chi connectivity index (χ4v) is 1.48. The van der Waals surface area contributed by atoms with Gasteiger partial charge in [-0.1, -0.05) is 13.3 Å². The number of rotatable bonds is 9. The number of ether oxygens (including phenoxy) is 1. The van der Waals surface area contributed by atoms with Crippen LogP contribution in [0.2, 0.25) is 0 Å². The van der Waals surface area contributed by atoms with E-state index in [0.717, 1.165) is 12.8 Å². The van der Waals surface area contributed by atoms with E-state index in [-0.39, 0.29) is 18.5 Å². The first-order valence-corrected chi connectivity index (χ1v) is 6.15. The van der Waals surface area contributed by atoms with Crippen molar-refractivity contribution in [1.82, 2.24) is 5.32 Å². The highest BCUT2D eigenvalue weighted by Crippen LogP contribution is 2.07. The Balaban J connectivity index is 3.82. The fourth-order valence-electron chi connectivity index (χ4n) is 1.48. The molecule has 0 aromatic rings. The molecule has 0 saturated carbocycles. The molecular formula is C12H26N2O3. The second-order valence-corrected chi connectivity index (χ2v) is 4.77. The Labute approximate surface area is 104 Å². The summed E-state index contributed by atoms with van der Waals surface area (Å²) in [4.78, 5) is 11.5. The molecule has 17 heavy (non-hydrogen) atoms. The van der Waals surface area contributed by atoms with Gasteiger partial charge in [-0.05, 0) is 13.3 Å². The SMILES string of the molecule is CCCC(N)CC(=O)NCC(C)(O)CCOC. The summed E-state index contributed by atoms with van der Waals surface area (Å²) in [6, 6.07) is -0.0936. The van der Waals surface area contributed by atoms with Crippen LogP contribution in [0.5, 0.6) is 0 Å². The second kappa shape index (κ2) is 8.44. The molecule has 2 atom stereocenters. The zero-order valence-electron chi connectivity index (χ0n) is 11.2. The summed E-state index contributed by atoms with van der Waals surface area (Å²) >= 11 is 0. The number of hydrogen-bond donors (Lipinski definition) is 3. The average Bonchev–Trinajstić information content (AvgIpc) is 2.24. The van der Waals surface area contributed by atoms with E-state index in [1.165, 1.54) is 0 Å². The topological polar surface area (TPSA) is 84.6 Å². The summed E-state index contributed by atoms with van der Waals surface area (Å²) in [6.07, 6.45) is 2.62. The lowest BCUT2D eigenvalue weighted by Gasteiger charge is -2.23. The minimum Gasteiger partial charge on any atom is -0.388 e. The third-order valence-electron chi connectivity index (χ3n) is 2.62. The minimum atomic E-state index is -0.930. The number of hydrogen-bond acceptors (Lipinski definition) is 4. The molecule has 2 unspecified atom stereocenters. The van der Waals surface area contributed by atoms with Crippen LogP contribution in [0.4, 0.5) is 0 Å². The first-order chi connectivity index (χ1) is 7.91. The molecule has 1 amide bonds. The van der Waals surface area contributed by atoms with Gasteiger partial charge in [-0.15, -0.1) is 0 Å². The number of amides is 1. The van der Waals surface area contributed by atoms with E-state index < -0.39 is 5.60 Å². The van der Waals surface area contributed by atoms with E-state index in [2.05, 4.69) is 5.32 Å². The van der Waals surface area contributed by atoms with E-state index in [1.54, 1.807) is 14.0 Å². The van der Waals surface area contributed by atoms with Crippen LogP contribution >= 0.6 is 0 Å². The lowest BCUT2D eigenvalue weighted by atomic mass is 10.0. The second-order valence-electron chi connectivity index (χ2n) is 4.77. The zero-order valence-corrected chi connectivity index (χ0v) is 11.2. The van der Waals surface area contributed by atoms with Crippen LogP contribution in [0.1, 0.15) is 39.5 Å². The maximum Gasteiger partial charge on any atom is 0.221 e. The molecule has 0 fully saturated rings. The molecule has 5 nitrogen and oxygen atoms in total. The van der Waals surface area contributed by atoms with Crippen molar-refractivity contribution in [2.24, 2.45) is 5.73 Å². The molecule has 0 bridgehead atoms. The van der Waals surface area contributed by atoms with E-state index in [1.807, 2.05) is 6.92 Å². The van der Waals surface area contributed by atoms with Gasteiger partial charge in [0, 0.05) is 39.1 Å². The maximum atomic E-state index is 11.5. The first kappa shape index (κ1) is 16.4. The van der Waals surface area contributed by atoms with Gasteiger partial charge in [0.2, 0.25) is 5.91 Å². The normalized spacial score (nSPS) is 16.3. The highest BCUT2D eigenvalue weighted by molar-refractivity contribution is 5.76. The summed E-state index contributed by atoms with van der Waals surface area (Å²) in [5.41, 5.74) is 4.83. The van der Waals surface area contributed by atoms with Crippen molar-refractivity contribution < 1.29 is 14.6 Å². The van der Waals surface area contributed by atoms with Crippen LogP contribution in [0.3, 0.4) is 0 Å². The molecule has 0 aromatic heterocycles. The monoisotopic (exact) mass is 246 g/mol. The molecule has 4 N–H and O–H groups in total. The smallest absolute Gasteiger partial charge is 0.221 e. The van der Waals surface area contributed by atoms with Gasteiger partial charge < -0.3 is 20.9 Å². The Morgan fingerprint density at radius 2 is 2.24 bits per heavy atom. The Morgan fingerprint density at radius 1 is 1.59 bits per heavy atom. The quantitative estimate of drug-likeness (QED) is 0.550. The van der Waals surface area contributed by atoms with Crippen molar-refractivity contribution in [1.29, 1.82) is 0 Å². The molecule has 5 heteroatoms. The number of carbonyl (C=O) groups is 1. The zero-order chi connectivity index (χ0) is 13.3. The van der Waals surface area contributed by atoms with Gasteiger partial charge in [0.1, 0.15) is 0 Å². The van der Waals surface area contributed by atoms with Crippen molar-refractivity contribution in [3.8, 4) is 0 Å². The van der Waals surface area contributed by atoms with Crippen molar-refractivity contribution in [3.05, 3.63) is 0 Å². The van der Waals surface area contributed by atoms with Gasteiger partial charge in [-0.2, -0.15) is 0 Å². The molecular weight excluding hydrogens is 220 g/mol. The van der Waals surface area contributed by atoms with Gasteiger partial charge in [0.05, 0.1) is 5.60 Å². The highest BCUT2D eigenvalue weighted by atomic mass is 16.5. The van der Waals surface area contributed by atoms with E-state index in [9.17, 15) is 9.90 Å². The number of carbonyl (C=O) groups excluding carboxylic acids is 1. The molecule has 0 rings (SSSR count). The van der Waals surface area contributed by atoms with Crippen molar-refractivity contribution in [2.75, 3.05) is 20.3 Å². The molecule has 0 aliphatic heterocycles. The summed E-state index contributed by atoms with van der Waals surface area (Å²) in [5, 5.41) is 12.6. The largest absolute Gasteiger partial charge is 0.388 e. The van der Waals surface area contributed by atoms with Crippen molar-refractivity contribution >= 4 is 5.91 Å². The van der Waals surface area contributed by atoms with Crippen molar-refractivity contribution in [2.45, 2.75) is 51.2 Å². The average molecular weight is 246 g/mol. The fraction of sp³-hybridized carbons (Fsp3) is 0.917. The van der Waals surface area contributed by atoms with Crippen LogP contribution in [0, 0.1) is 0 Å². The molecule has 0 aromatic carbocycles. The van der Waals surface area contributed by atoms with Crippen LogP contribution < -0.4 is 11.1 Å². The van der Waals surface area contributed by atoms with Crippen LogP contribution in [-0.2, 0) is 9.53 Å². The molecule has 0 spiro atoms. The van der Waals surface area contributed by atoms with Crippen LogP contribution in [-0.4, -0.2) is 42.9 Å². The van der Waals surface area contributed by atoms with E-state index in [4.69, 9.17) is 10.5 Å². The number of nitrogens with one attached hydrogen (secondary N) is 1. The molecule has 0 radical (unpaired) electrons.